The molecule has 0 saturated heterocycles. The van der Waals surface area contributed by atoms with Gasteiger partial charge >= 0.3 is 5.97 Å². The molecule has 0 aromatic rings. The molecule has 0 unspecified atom stereocenters. The zero-order valence-electron chi connectivity index (χ0n) is 14.0. The summed E-state index contributed by atoms with van der Waals surface area (Å²) in [4.78, 5) is 12.6. The highest BCUT2D eigenvalue weighted by molar-refractivity contribution is 5.81. The fourth-order valence-electron chi connectivity index (χ4n) is 3.55. The minimum Gasteiger partial charge on any atom is -0.465 e. The van der Waals surface area contributed by atoms with Crippen LogP contribution in [0, 0.1) is 11.8 Å². The lowest BCUT2D eigenvalue weighted by molar-refractivity contribution is -0.153. The number of hydrogen-bond donors (Lipinski definition) is 1. The number of nitrogens with one attached hydrogen (secondary N) is 1. The molecule has 1 saturated carbocycles. The van der Waals surface area contributed by atoms with Gasteiger partial charge in [0.2, 0.25) is 0 Å². The molecule has 0 amide bonds. The van der Waals surface area contributed by atoms with Crippen molar-refractivity contribution in [1.29, 1.82) is 0 Å². The SMILES string of the molecule is CCOC(=O)C(CC(C)C)(CC(C)C)NC1CCCC1. The Bertz CT molecular complexity index is 283. The van der Waals surface area contributed by atoms with Gasteiger partial charge in [-0.1, -0.05) is 40.5 Å². The van der Waals surface area contributed by atoms with E-state index < -0.39 is 5.54 Å². The van der Waals surface area contributed by atoms with Gasteiger partial charge in [-0.3, -0.25) is 10.1 Å². The molecular formula is C17H33NO2. The third kappa shape index (κ3) is 5.08. The molecule has 3 heteroatoms. The lowest BCUT2D eigenvalue weighted by Crippen LogP contribution is -2.57. The van der Waals surface area contributed by atoms with E-state index in [2.05, 4.69) is 33.0 Å². The summed E-state index contributed by atoms with van der Waals surface area (Å²) in [7, 11) is 0. The summed E-state index contributed by atoms with van der Waals surface area (Å²) in [5, 5.41) is 3.70. The molecule has 20 heavy (non-hydrogen) atoms. The first-order valence-electron chi connectivity index (χ1n) is 8.34. The van der Waals surface area contributed by atoms with Crippen molar-refractivity contribution >= 4 is 5.97 Å². The predicted molar refractivity (Wildman–Crippen MR) is 83.7 cm³/mol. The monoisotopic (exact) mass is 283 g/mol. The molecule has 0 bridgehead atoms. The zero-order chi connectivity index (χ0) is 15.2. The first-order valence-corrected chi connectivity index (χ1v) is 8.34. The van der Waals surface area contributed by atoms with Gasteiger partial charge in [-0.05, 0) is 44.4 Å². The maximum atomic E-state index is 12.6. The van der Waals surface area contributed by atoms with Crippen molar-refractivity contribution in [1.82, 2.24) is 5.32 Å². The molecule has 3 nitrogen and oxygen atoms in total. The normalized spacial score (nSPS) is 17.1. The second kappa shape index (κ2) is 8.02. The topological polar surface area (TPSA) is 38.3 Å². The van der Waals surface area contributed by atoms with Crippen LogP contribution in [-0.4, -0.2) is 24.2 Å². The van der Waals surface area contributed by atoms with Crippen LogP contribution in [-0.2, 0) is 9.53 Å². The summed E-state index contributed by atoms with van der Waals surface area (Å²) in [5.41, 5.74) is -0.493. The summed E-state index contributed by atoms with van der Waals surface area (Å²) in [6, 6.07) is 0.483. The van der Waals surface area contributed by atoms with Crippen molar-refractivity contribution in [3.05, 3.63) is 0 Å². The van der Waals surface area contributed by atoms with Crippen LogP contribution in [0.3, 0.4) is 0 Å². The summed E-state index contributed by atoms with van der Waals surface area (Å²) >= 11 is 0. The molecule has 0 aromatic carbocycles. The molecule has 1 fully saturated rings. The van der Waals surface area contributed by atoms with E-state index in [4.69, 9.17) is 4.74 Å². The Morgan fingerprint density at radius 1 is 1.15 bits per heavy atom. The largest absolute Gasteiger partial charge is 0.465 e. The lowest BCUT2D eigenvalue weighted by atomic mass is 9.81. The molecular weight excluding hydrogens is 250 g/mol. The molecule has 118 valence electrons. The molecule has 0 atom stereocenters. The molecule has 1 N–H and O–H groups in total. The van der Waals surface area contributed by atoms with Gasteiger partial charge in [0.15, 0.2) is 0 Å². The zero-order valence-corrected chi connectivity index (χ0v) is 14.0. The van der Waals surface area contributed by atoms with E-state index in [1.165, 1.54) is 25.7 Å². The molecule has 1 rings (SSSR count). The quantitative estimate of drug-likeness (QED) is 0.686. The third-order valence-electron chi connectivity index (χ3n) is 4.02. The Kier molecular flexibility index (Phi) is 7.01. The van der Waals surface area contributed by atoms with Crippen LogP contribution < -0.4 is 5.32 Å². The number of esters is 1. The smallest absolute Gasteiger partial charge is 0.326 e. The highest BCUT2D eigenvalue weighted by Gasteiger charge is 2.42. The van der Waals surface area contributed by atoms with E-state index in [1.54, 1.807) is 0 Å². The van der Waals surface area contributed by atoms with Crippen molar-refractivity contribution < 1.29 is 9.53 Å². The van der Waals surface area contributed by atoms with Gasteiger partial charge in [-0.25, -0.2) is 0 Å². The van der Waals surface area contributed by atoms with Crippen LogP contribution in [0.5, 0.6) is 0 Å². The van der Waals surface area contributed by atoms with Gasteiger partial charge in [0.1, 0.15) is 5.54 Å². The Labute approximate surface area is 124 Å². The van der Waals surface area contributed by atoms with Crippen LogP contribution in [0.25, 0.3) is 0 Å². The molecule has 1 aliphatic carbocycles. The maximum absolute atomic E-state index is 12.6. The fraction of sp³-hybridized carbons (Fsp3) is 0.941. The first-order chi connectivity index (χ1) is 9.39. The highest BCUT2D eigenvalue weighted by atomic mass is 16.5. The number of ether oxygens (including phenoxy) is 1. The summed E-state index contributed by atoms with van der Waals surface area (Å²) in [6.45, 7) is 11.1. The molecule has 0 heterocycles. The molecule has 0 aliphatic heterocycles. The summed E-state index contributed by atoms with van der Waals surface area (Å²) < 4.78 is 5.42. The van der Waals surface area contributed by atoms with Gasteiger partial charge in [0.25, 0.3) is 0 Å². The van der Waals surface area contributed by atoms with Gasteiger partial charge in [0.05, 0.1) is 6.61 Å². The minimum absolute atomic E-state index is 0.0469. The fourth-order valence-corrected chi connectivity index (χ4v) is 3.55. The van der Waals surface area contributed by atoms with E-state index in [1.807, 2.05) is 6.92 Å². The molecule has 0 radical (unpaired) electrons. The number of carbonyl (C=O) groups excluding carboxylic acids is 1. The summed E-state index contributed by atoms with van der Waals surface area (Å²) in [5.74, 6) is 0.911. The van der Waals surface area contributed by atoms with Crippen molar-refractivity contribution in [3.63, 3.8) is 0 Å². The van der Waals surface area contributed by atoms with E-state index >= 15 is 0 Å². The van der Waals surface area contributed by atoms with Gasteiger partial charge in [-0.2, -0.15) is 0 Å². The van der Waals surface area contributed by atoms with Gasteiger partial charge < -0.3 is 4.74 Å². The van der Waals surface area contributed by atoms with E-state index in [9.17, 15) is 4.79 Å². The number of rotatable bonds is 8. The Morgan fingerprint density at radius 2 is 1.65 bits per heavy atom. The maximum Gasteiger partial charge on any atom is 0.326 e. The average Bonchev–Trinajstić information content (AvgIpc) is 2.79. The third-order valence-corrected chi connectivity index (χ3v) is 4.02. The van der Waals surface area contributed by atoms with Crippen LogP contribution in [0.1, 0.15) is 73.1 Å². The van der Waals surface area contributed by atoms with E-state index in [0.717, 1.165) is 12.8 Å². The molecule has 1 aliphatic rings. The second-order valence-electron chi connectivity index (χ2n) is 7.12. The lowest BCUT2D eigenvalue weighted by Gasteiger charge is -2.38. The second-order valence-corrected chi connectivity index (χ2v) is 7.12. The van der Waals surface area contributed by atoms with Crippen molar-refractivity contribution in [2.45, 2.75) is 84.7 Å². The van der Waals surface area contributed by atoms with Crippen molar-refractivity contribution in [2.75, 3.05) is 6.61 Å². The standard InChI is InChI=1S/C17H33NO2/c1-6-20-16(19)17(11-13(2)3,12-14(4)5)18-15-9-7-8-10-15/h13-15,18H,6-12H2,1-5H3. The minimum atomic E-state index is -0.493. The Morgan fingerprint density at radius 3 is 2.05 bits per heavy atom. The van der Waals surface area contributed by atoms with Crippen LogP contribution in [0.4, 0.5) is 0 Å². The van der Waals surface area contributed by atoms with Crippen LogP contribution in [0.2, 0.25) is 0 Å². The molecule has 0 spiro atoms. The van der Waals surface area contributed by atoms with Crippen LogP contribution >= 0.6 is 0 Å². The Hall–Kier alpha value is -0.570. The number of hydrogen-bond acceptors (Lipinski definition) is 3. The first kappa shape index (κ1) is 17.5. The van der Waals surface area contributed by atoms with Crippen molar-refractivity contribution in [2.24, 2.45) is 11.8 Å². The molecule has 0 aromatic heterocycles. The predicted octanol–water partition coefficient (Wildman–Crippen LogP) is 3.91. The van der Waals surface area contributed by atoms with E-state index in [-0.39, 0.29) is 5.97 Å². The average molecular weight is 283 g/mol. The van der Waals surface area contributed by atoms with Crippen molar-refractivity contribution in [3.8, 4) is 0 Å². The van der Waals surface area contributed by atoms with E-state index in [0.29, 0.717) is 24.5 Å². The Balaban J connectivity index is 2.92. The van der Waals surface area contributed by atoms with Crippen LogP contribution in [0.15, 0.2) is 0 Å². The highest BCUT2D eigenvalue weighted by Crippen LogP contribution is 2.30. The van der Waals surface area contributed by atoms with Gasteiger partial charge in [-0.15, -0.1) is 0 Å². The summed E-state index contributed by atoms with van der Waals surface area (Å²) in [6.07, 6.45) is 6.66. The number of carbonyl (C=O) groups is 1. The van der Waals surface area contributed by atoms with Gasteiger partial charge in [0, 0.05) is 6.04 Å².